The Kier molecular flexibility index (Phi) is 4.49. The number of halogens is 1. The summed E-state index contributed by atoms with van der Waals surface area (Å²) < 4.78 is 5.23. The zero-order valence-electron chi connectivity index (χ0n) is 14.6. The van der Waals surface area contributed by atoms with Gasteiger partial charge in [0.2, 0.25) is 0 Å². The molecule has 2 N–H and O–H groups in total. The minimum Gasteiger partial charge on any atom is -0.506 e. The van der Waals surface area contributed by atoms with Gasteiger partial charge < -0.3 is 19.7 Å². The van der Waals surface area contributed by atoms with E-state index >= 15 is 0 Å². The molecule has 1 aromatic heterocycles. The van der Waals surface area contributed by atoms with E-state index in [0.717, 1.165) is 22.7 Å². The number of fused-ring (bicyclic) bond motifs is 1. The number of ether oxygens (including phenoxy) is 1. The van der Waals surface area contributed by atoms with Crippen LogP contribution in [0.3, 0.4) is 0 Å². The van der Waals surface area contributed by atoms with Crippen LogP contribution < -0.4 is 4.74 Å². The van der Waals surface area contributed by atoms with Crippen molar-refractivity contribution in [1.29, 1.82) is 0 Å². The Balaban J connectivity index is 1.66. The van der Waals surface area contributed by atoms with Crippen LogP contribution in [0.25, 0.3) is 0 Å². The smallest absolute Gasteiger partial charge is 0.254 e. The summed E-state index contributed by atoms with van der Waals surface area (Å²) in [7, 11) is 1.63. The van der Waals surface area contributed by atoms with Crippen LogP contribution in [0.5, 0.6) is 11.5 Å². The van der Waals surface area contributed by atoms with E-state index in [1.54, 1.807) is 24.4 Å². The number of amides is 1. The number of carbonyl (C=O) groups excluding carboxylic acids is 1. The lowest BCUT2D eigenvalue weighted by Crippen LogP contribution is -2.38. The van der Waals surface area contributed by atoms with E-state index in [4.69, 9.17) is 16.3 Å². The van der Waals surface area contributed by atoms with Crippen LogP contribution in [-0.2, 0) is 6.54 Å². The number of rotatable bonds is 3. The molecule has 3 aromatic rings. The van der Waals surface area contributed by atoms with Crippen LogP contribution >= 0.6 is 11.6 Å². The average Bonchev–Trinajstić information content (AvgIpc) is 3.17. The van der Waals surface area contributed by atoms with Crippen LogP contribution in [0.1, 0.15) is 33.2 Å². The molecule has 138 valence electrons. The molecule has 7 heteroatoms. The maximum absolute atomic E-state index is 13.0. The van der Waals surface area contributed by atoms with Crippen molar-refractivity contribution in [3.8, 4) is 11.5 Å². The van der Waals surface area contributed by atoms with Gasteiger partial charge in [0.15, 0.2) is 0 Å². The number of aromatic nitrogens is 2. The van der Waals surface area contributed by atoms with Gasteiger partial charge in [0.1, 0.15) is 11.5 Å². The molecule has 0 radical (unpaired) electrons. The molecule has 1 aliphatic heterocycles. The average molecular weight is 384 g/mol. The molecule has 0 spiro atoms. The highest BCUT2D eigenvalue weighted by atomic mass is 35.5. The lowest BCUT2D eigenvalue weighted by Gasteiger charge is -2.32. The first-order valence-electron chi connectivity index (χ1n) is 8.50. The highest BCUT2D eigenvalue weighted by Gasteiger charge is 2.32. The van der Waals surface area contributed by atoms with Gasteiger partial charge in [-0.2, -0.15) is 0 Å². The highest BCUT2D eigenvalue weighted by molar-refractivity contribution is 6.32. The number of hydrogen-bond acceptors (Lipinski definition) is 4. The summed E-state index contributed by atoms with van der Waals surface area (Å²) in [5, 5.41) is 10.0. The van der Waals surface area contributed by atoms with Crippen molar-refractivity contribution in [3.05, 3.63) is 76.3 Å². The monoisotopic (exact) mass is 383 g/mol. The summed E-state index contributed by atoms with van der Waals surface area (Å²) >= 11 is 5.85. The summed E-state index contributed by atoms with van der Waals surface area (Å²) in [4.78, 5) is 22.3. The molecule has 1 amide bonds. The van der Waals surface area contributed by atoms with Crippen molar-refractivity contribution in [2.45, 2.75) is 12.5 Å². The maximum atomic E-state index is 13.0. The van der Waals surface area contributed by atoms with Gasteiger partial charge in [-0.15, -0.1) is 0 Å². The fourth-order valence-corrected chi connectivity index (χ4v) is 3.52. The molecule has 0 aliphatic carbocycles. The summed E-state index contributed by atoms with van der Waals surface area (Å²) in [6, 6.07) is 12.3. The number of nitrogens with one attached hydrogen (secondary N) is 1. The molecule has 2 heterocycles. The minimum atomic E-state index is -0.166. The van der Waals surface area contributed by atoms with E-state index < -0.39 is 0 Å². The zero-order chi connectivity index (χ0) is 19.0. The molecule has 4 rings (SSSR count). The number of benzene rings is 2. The zero-order valence-corrected chi connectivity index (χ0v) is 15.4. The quantitative estimate of drug-likeness (QED) is 0.724. The molecule has 27 heavy (non-hydrogen) atoms. The molecule has 0 fully saturated rings. The van der Waals surface area contributed by atoms with E-state index in [9.17, 15) is 9.90 Å². The topological polar surface area (TPSA) is 78.5 Å². The van der Waals surface area contributed by atoms with Crippen LogP contribution in [0.4, 0.5) is 0 Å². The number of phenolic OH excluding ortho intramolecular Hbond substituents is 1. The molecule has 6 nitrogen and oxygen atoms in total. The molecular weight excluding hydrogens is 366 g/mol. The van der Waals surface area contributed by atoms with E-state index in [1.807, 2.05) is 24.3 Å². The Morgan fingerprint density at radius 2 is 2.07 bits per heavy atom. The number of hydrogen-bond donors (Lipinski definition) is 2. The lowest BCUT2D eigenvalue weighted by molar-refractivity contribution is 0.0721. The first-order chi connectivity index (χ1) is 13.1. The second-order valence-electron chi connectivity index (χ2n) is 6.44. The molecular formula is C20H18ClN3O3. The minimum absolute atomic E-state index is 0.0456. The van der Waals surface area contributed by atoms with Crippen molar-refractivity contribution in [1.82, 2.24) is 14.9 Å². The third-order valence-electron chi connectivity index (χ3n) is 4.83. The number of aromatic hydroxyl groups is 1. The molecule has 1 aliphatic rings. The number of phenols is 1. The Labute approximate surface area is 161 Å². The maximum Gasteiger partial charge on any atom is 0.254 e. The second-order valence-corrected chi connectivity index (χ2v) is 6.85. The molecule has 2 aromatic carbocycles. The van der Waals surface area contributed by atoms with E-state index in [2.05, 4.69) is 9.97 Å². The van der Waals surface area contributed by atoms with Crippen molar-refractivity contribution < 1.29 is 14.6 Å². The number of H-pyrrole nitrogens is 1. The van der Waals surface area contributed by atoms with Crippen LogP contribution in [0, 0.1) is 0 Å². The van der Waals surface area contributed by atoms with Crippen molar-refractivity contribution in [3.63, 3.8) is 0 Å². The van der Waals surface area contributed by atoms with Crippen LogP contribution in [0.15, 0.2) is 48.8 Å². The third kappa shape index (κ3) is 3.24. The van der Waals surface area contributed by atoms with Crippen molar-refractivity contribution in [2.24, 2.45) is 0 Å². The SMILES string of the molecule is COc1ccc(C2CN(C(=O)c3ccc(Cl)c(O)c3)Cc3[nH]cnc32)cc1. The van der Waals surface area contributed by atoms with E-state index in [0.29, 0.717) is 18.7 Å². The van der Waals surface area contributed by atoms with E-state index in [1.165, 1.54) is 12.1 Å². The number of methoxy groups -OCH3 is 1. The van der Waals surface area contributed by atoms with Crippen LogP contribution in [0.2, 0.25) is 5.02 Å². The predicted molar refractivity (Wildman–Crippen MR) is 101 cm³/mol. The summed E-state index contributed by atoms with van der Waals surface area (Å²) in [5.41, 5.74) is 3.31. The van der Waals surface area contributed by atoms with Gasteiger partial charge in [-0.3, -0.25) is 4.79 Å². The lowest BCUT2D eigenvalue weighted by atomic mass is 9.90. The Morgan fingerprint density at radius 3 is 2.78 bits per heavy atom. The fraction of sp³-hybridized carbons (Fsp3) is 0.200. The van der Waals surface area contributed by atoms with Gasteiger partial charge in [-0.05, 0) is 35.9 Å². The van der Waals surface area contributed by atoms with Gasteiger partial charge in [0.25, 0.3) is 5.91 Å². The first-order valence-corrected chi connectivity index (χ1v) is 8.88. The summed E-state index contributed by atoms with van der Waals surface area (Å²) in [6.45, 7) is 0.927. The van der Waals surface area contributed by atoms with Gasteiger partial charge in [0.05, 0.1) is 36.4 Å². The van der Waals surface area contributed by atoms with Crippen LogP contribution in [-0.4, -0.2) is 39.5 Å². The molecule has 0 saturated heterocycles. The summed E-state index contributed by atoms with van der Waals surface area (Å²) in [5.74, 6) is 0.464. The number of carbonyl (C=O) groups is 1. The molecule has 0 bridgehead atoms. The van der Waals surface area contributed by atoms with Gasteiger partial charge in [-0.25, -0.2) is 4.98 Å². The largest absolute Gasteiger partial charge is 0.506 e. The fourth-order valence-electron chi connectivity index (χ4n) is 3.40. The molecule has 1 atom stereocenters. The van der Waals surface area contributed by atoms with Gasteiger partial charge >= 0.3 is 0 Å². The number of nitrogens with zero attached hydrogens (tertiary/aromatic N) is 2. The first kappa shape index (κ1) is 17.4. The standard InChI is InChI=1S/C20H18ClN3O3/c1-27-14-5-2-12(3-6-14)15-9-24(10-17-19(15)23-11-22-17)20(26)13-4-7-16(21)18(25)8-13/h2-8,11,15,25H,9-10H2,1H3,(H,22,23). The Morgan fingerprint density at radius 1 is 1.30 bits per heavy atom. The number of imidazole rings is 1. The molecule has 1 unspecified atom stereocenters. The number of aromatic amines is 1. The summed E-state index contributed by atoms with van der Waals surface area (Å²) in [6.07, 6.45) is 1.66. The Hall–Kier alpha value is -2.99. The third-order valence-corrected chi connectivity index (χ3v) is 5.15. The van der Waals surface area contributed by atoms with E-state index in [-0.39, 0.29) is 22.6 Å². The van der Waals surface area contributed by atoms with Gasteiger partial charge in [-0.1, -0.05) is 23.7 Å². The second kappa shape index (κ2) is 6.96. The molecule has 0 saturated carbocycles. The highest BCUT2D eigenvalue weighted by Crippen LogP contribution is 2.33. The predicted octanol–water partition coefficient (Wildman–Crippen LogP) is 3.57. The van der Waals surface area contributed by atoms with Crippen molar-refractivity contribution in [2.75, 3.05) is 13.7 Å². The van der Waals surface area contributed by atoms with Crippen molar-refractivity contribution >= 4 is 17.5 Å². The Bertz CT molecular complexity index is 984. The van der Waals surface area contributed by atoms with Gasteiger partial charge in [0, 0.05) is 18.0 Å². The normalized spacial score (nSPS) is 16.1.